The Hall–Kier alpha value is -3.31. The molecule has 30 heavy (non-hydrogen) atoms. The summed E-state index contributed by atoms with van der Waals surface area (Å²) >= 11 is 1.60. The molecule has 0 aliphatic carbocycles. The second-order valence-electron chi connectivity index (χ2n) is 7.42. The van der Waals surface area contributed by atoms with Gasteiger partial charge in [0.25, 0.3) is 5.91 Å². The van der Waals surface area contributed by atoms with Crippen LogP contribution in [0.4, 0.5) is 0 Å². The molecule has 1 amide bonds. The monoisotopic (exact) mass is 418 g/mol. The molecule has 2 N–H and O–H groups in total. The molecule has 1 aliphatic heterocycles. The first-order valence-electron chi connectivity index (χ1n) is 9.76. The maximum absolute atomic E-state index is 12.8. The zero-order chi connectivity index (χ0) is 21.1. The maximum Gasteiger partial charge on any atom is 0.269 e. The van der Waals surface area contributed by atoms with Gasteiger partial charge in [-0.25, -0.2) is 0 Å². The third kappa shape index (κ3) is 4.02. The molecule has 1 saturated heterocycles. The van der Waals surface area contributed by atoms with E-state index in [1.54, 1.807) is 35.1 Å². The molecule has 3 heterocycles. The standard InChI is InChI=1S/C22H22N6OS/c1-14-12-28(13-23)15(2)21(14)25-22(29)19-10-18(26-27-19)17-8-9-24-11-20(17)30-16-6-4-3-5-7-16/h3-11,14-15,21H,12H2,1-2H3,(H,25,29)(H,26,27)/t14?,15?,21-/m1/s1. The number of pyridine rings is 1. The van der Waals surface area contributed by atoms with E-state index >= 15 is 0 Å². The highest BCUT2D eigenvalue weighted by Crippen LogP contribution is 2.34. The lowest BCUT2D eigenvalue weighted by atomic mass is 10.0. The number of H-pyrrole nitrogens is 1. The normalized spacial score (nSPS) is 20.7. The van der Waals surface area contributed by atoms with Crippen LogP contribution in [-0.2, 0) is 0 Å². The Morgan fingerprint density at radius 1 is 1.30 bits per heavy atom. The van der Waals surface area contributed by atoms with E-state index in [0.29, 0.717) is 17.9 Å². The van der Waals surface area contributed by atoms with E-state index in [9.17, 15) is 10.1 Å². The molecule has 2 aromatic heterocycles. The van der Waals surface area contributed by atoms with E-state index in [0.717, 1.165) is 15.4 Å². The fourth-order valence-electron chi connectivity index (χ4n) is 3.75. The predicted molar refractivity (Wildman–Crippen MR) is 115 cm³/mol. The summed E-state index contributed by atoms with van der Waals surface area (Å²) in [4.78, 5) is 20.8. The smallest absolute Gasteiger partial charge is 0.269 e. The number of benzene rings is 1. The van der Waals surface area contributed by atoms with Crippen LogP contribution in [0.15, 0.2) is 64.6 Å². The average Bonchev–Trinajstić information content (AvgIpc) is 3.35. The Morgan fingerprint density at radius 2 is 2.10 bits per heavy atom. The SMILES string of the molecule is CC1CN(C#N)C(C)[C@@H]1NC(=O)c1cc(-c2ccncc2Sc2ccccc2)n[nH]1. The van der Waals surface area contributed by atoms with Crippen molar-refractivity contribution >= 4 is 17.7 Å². The number of nitriles is 1. The lowest BCUT2D eigenvalue weighted by Crippen LogP contribution is -2.44. The molecule has 0 saturated carbocycles. The number of aromatic nitrogens is 3. The van der Waals surface area contributed by atoms with E-state index in [2.05, 4.69) is 26.7 Å². The summed E-state index contributed by atoms with van der Waals surface area (Å²) < 4.78 is 0. The number of amides is 1. The van der Waals surface area contributed by atoms with Gasteiger partial charge in [-0.3, -0.25) is 14.9 Å². The molecule has 0 spiro atoms. The predicted octanol–water partition coefficient (Wildman–Crippen LogP) is 3.54. The first-order valence-corrected chi connectivity index (χ1v) is 10.6. The van der Waals surface area contributed by atoms with Crippen molar-refractivity contribution in [3.05, 3.63) is 60.6 Å². The quantitative estimate of drug-likeness (QED) is 0.615. The Morgan fingerprint density at radius 3 is 2.83 bits per heavy atom. The number of carbonyl (C=O) groups is 1. The fourth-order valence-corrected chi connectivity index (χ4v) is 4.69. The Bertz CT molecular complexity index is 1080. The number of likely N-dealkylation sites (tertiary alicyclic amines) is 1. The minimum atomic E-state index is -0.219. The lowest BCUT2D eigenvalue weighted by Gasteiger charge is -2.21. The van der Waals surface area contributed by atoms with Gasteiger partial charge < -0.3 is 10.2 Å². The molecular formula is C22H22N6OS. The minimum absolute atomic E-state index is 0.0367. The number of rotatable bonds is 5. The molecule has 0 bridgehead atoms. The van der Waals surface area contributed by atoms with Crippen LogP contribution in [0.1, 0.15) is 24.3 Å². The third-order valence-corrected chi connectivity index (χ3v) is 6.44. The summed E-state index contributed by atoms with van der Waals surface area (Å²) in [6.45, 7) is 4.65. The summed E-state index contributed by atoms with van der Waals surface area (Å²) in [7, 11) is 0. The zero-order valence-electron chi connectivity index (χ0n) is 16.7. The van der Waals surface area contributed by atoms with Crippen molar-refractivity contribution in [3.63, 3.8) is 0 Å². The fraction of sp³-hybridized carbons (Fsp3) is 0.273. The van der Waals surface area contributed by atoms with Gasteiger partial charge in [0.05, 0.1) is 17.8 Å². The number of aromatic amines is 1. The first-order chi connectivity index (χ1) is 14.6. The number of carbonyl (C=O) groups excluding carboxylic acids is 1. The second-order valence-corrected chi connectivity index (χ2v) is 8.54. The molecule has 1 fully saturated rings. The average molecular weight is 419 g/mol. The van der Waals surface area contributed by atoms with Crippen LogP contribution in [0.2, 0.25) is 0 Å². The number of nitrogens with zero attached hydrogens (tertiary/aromatic N) is 4. The molecule has 3 aromatic rings. The van der Waals surface area contributed by atoms with Crippen molar-refractivity contribution in [1.82, 2.24) is 25.4 Å². The molecule has 152 valence electrons. The van der Waals surface area contributed by atoms with Crippen molar-refractivity contribution in [1.29, 1.82) is 5.26 Å². The highest BCUT2D eigenvalue weighted by Gasteiger charge is 2.37. The molecule has 4 rings (SSSR count). The molecule has 8 heteroatoms. The van der Waals surface area contributed by atoms with E-state index in [-0.39, 0.29) is 23.9 Å². The number of hydrogen-bond donors (Lipinski definition) is 2. The Labute approximate surface area is 179 Å². The van der Waals surface area contributed by atoms with Crippen LogP contribution in [0.5, 0.6) is 0 Å². The largest absolute Gasteiger partial charge is 0.346 e. The summed E-state index contributed by atoms with van der Waals surface area (Å²) in [6.07, 6.45) is 5.72. The molecule has 1 aliphatic rings. The first kappa shape index (κ1) is 20.0. The molecule has 1 aromatic carbocycles. The van der Waals surface area contributed by atoms with Crippen molar-refractivity contribution < 1.29 is 4.79 Å². The molecule has 3 atom stereocenters. The maximum atomic E-state index is 12.8. The molecular weight excluding hydrogens is 396 g/mol. The van der Waals surface area contributed by atoms with Crippen molar-refractivity contribution in [3.8, 4) is 17.5 Å². The third-order valence-electron chi connectivity index (χ3n) is 5.39. The van der Waals surface area contributed by atoms with Gasteiger partial charge in [-0.15, -0.1) is 0 Å². The van der Waals surface area contributed by atoms with E-state index in [1.807, 2.05) is 50.2 Å². The molecule has 0 radical (unpaired) electrons. The highest BCUT2D eigenvalue weighted by molar-refractivity contribution is 7.99. The van der Waals surface area contributed by atoms with Crippen LogP contribution >= 0.6 is 11.8 Å². The number of hydrogen-bond acceptors (Lipinski definition) is 6. The Balaban J connectivity index is 1.52. The van der Waals surface area contributed by atoms with Crippen LogP contribution in [0.3, 0.4) is 0 Å². The minimum Gasteiger partial charge on any atom is -0.346 e. The van der Waals surface area contributed by atoms with Crippen molar-refractivity contribution in [2.45, 2.75) is 35.7 Å². The van der Waals surface area contributed by atoms with Gasteiger partial charge in [0, 0.05) is 34.3 Å². The van der Waals surface area contributed by atoms with Gasteiger partial charge in [-0.1, -0.05) is 36.9 Å². The van der Waals surface area contributed by atoms with Crippen molar-refractivity contribution in [2.75, 3.05) is 6.54 Å². The summed E-state index contributed by atoms with van der Waals surface area (Å²) in [6, 6.07) is 13.6. The van der Waals surface area contributed by atoms with Gasteiger partial charge in [0.2, 0.25) is 0 Å². The molecule has 7 nitrogen and oxygen atoms in total. The zero-order valence-corrected chi connectivity index (χ0v) is 17.6. The summed E-state index contributed by atoms with van der Waals surface area (Å²) in [5.74, 6) is -0.0244. The lowest BCUT2D eigenvalue weighted by molar-refractivity contribution is 0.0918. The summed E-state index contributed by atoms with van der Waals surface area (Å²) in [5, 5.41) is 19.5. The van der Waals surface area contributed by atoms with Crippen molar-refractivity contribution in [2.24, 2.45) is 5.92 Å². The van der Waals surface area contributed by atoms with E-state index in [1.165, 1.54) is 0 Å². The van der Waals surface area contributed by atoms with Crippen LogP contribution in [0, 0.1) is 17.4 Å². The number of nitrogens with one attached hydrogen (secondary N) is 2. The van der Waals surface area contributed by atoms with Crippen LogP contribution in [0.25, 0.3) is 11.3 Å². The van der Waals surface area contributed by atoms with Gasteiger partial charge in [-0.2, -0.15) is 10.4 Å². The van der Waals surface area contributed by atoms with Gasteiger partial charge >= 0.3 is 0 Å². The highest BCUT2D eigenvalue weighted by atomic mass is 32.2. The van der Waals surface area contributed by atoms with E-state index < -0.39 is 0 Å². The van der Waals surface area contributed by atoms with E-state index in [4.69, 9.17) is 0 Å². The topological polar surface area (TPSA) is 97.7 Å². The van der Waals surface area contributed by atoms with Crippen LogP contribution in [-0.4, -0.2) is 44.6 Å². The van der Waals surface area contributed by atoms with Gasteiger partial charge in [0.15, 0.2) is 6.19 Å². The second kappa shape index (κ2) is 8.59. The molecule has 2 unspecified atom stereocenters. The Kier molecular flexibility index (Phi) is 5.72. The van der Waals surface area contributed by atoms with Gasteiger partial charge in [0.1, 0.15) is 5.69 Å². The summed E-state index contributed by atoms with van der Waals surface area (Å²) in [5.41, 5.74) is 1.99. The van der Waals surface area contributed by atoms with Crippen LogP contribution < -0.4 is 5.32 Å². The van der Waals surface area contributed by atoms with Gasteiger partial charge in [-0.05, 0) is 37.1 Å².